The summed E-state index contributed by atoms with van der Waals surface area (Å²) in [5, 5.41) is 1.24. The molecule has 0 radical (unpaired) electrons. The predicted octanol–water partition coefficient (Wildman–Crippen LogP) is 16.8. The molecule has 2 aliphatic heterocycles. The number of hydrogen-bond acceptors (Lipinski definition) is 3. The van der Waals surface area contributed by atoms with Crippen molar-refractivity contribution >= 4 is 68.4 Å². The fourth-order valence-corrected chi connectivity index (χ4v) is 13.0. The fraction of sp³-hybridized carbons (Fsp3) is 0.424. The molecule has 11 rings (SSSR count). The predicted molar refractivity (Wildman–Crippen MR) is 302 cm³/mol. The van der Waals surface area contributed by atoms with Gasteiger partial charge in [0.05, 0.1) is 0 Å². The first-order valence-electron chi connectivity index (χ1n) is 26.5. The van der Waals surface area contributed by atoms with Crippen molar-refractivity contribution < 1.29 is 4.42 Å². The second-order valence-electron chi connectivity index (χ2n) is 27.6. The van der Waals surface area contributed by atoms with Gasteiger partial charge < -0.3 is 9.32 Å². The van der Waals surface area contributed by atoms with Crippen LogP contribution in [0.2, 0.25) is 0 Å². The van der Waals surface area contributed by atoms with Crippen LogP contribution >= 0.6 is 0 Å². The fourth-order valence-electron chi connectivity index (χ4n) is 13.0. The molecule has 4 aliphatic rings. The molecule has 2 aliphatic carbocycles. The first-order chi connectivity index (χ1) is 32.6. The van der Waals surface area contributed by atoms with E-state index in [0.29, 0.717) is 0 Å². The molecule has 7 aromatic rings. The maximum atomic E-state index is 7.68. The molecule has 0 amide bonds. The van der Waals surface area contributed by atoms with E-state index in [2.05, 4.69) is 237 Å². The van der Waals surface area contributed by atoms with Gasteiger partial charge in [-0.05, 0) is 179 Å². The molecule has 0 saturated heterocycles. The molecule has 0 bridgehead atoms. The highest BCUT2D eigenvalue weighted by Gasteiger charge is 2.49. The molecule has 0 unspecified atom stereocenters. The van der Waals surface area contributed by atoms with E-state index in [0.717, 1.165) is 36.4 Å². The first kappa shape index (κ1) is 46.9. The normalized spacial score (nSPS) is 18.5. The third kappa shape index (κ3) is 7.18. The number of nitrogens with zero attached hydrogens (tertiary/aromatic N) is 2. The van der Waals surface area contributed by atoms with E-state index in [9.17, 15) is 0 Å². The van der Waals surface area contributed by atoms with Gasteiger partial charge in [0, 0.05) is 39.3 Å². The molecule has 6 aromatic carbocycles. The summed E-state index contributed by atoms with van der Waals surface area (Å²) in [5.74, 6) is 0.945. The molecule has 70 heavy (non-hydrogen) atoms. The van der Waals surface area contributed by atoms with Crippen molar-refractivity contribution in [2.45, 2.75) is 181 Å². The van der Waals surface area contributed by atoms with Crippen LogP contribution in [0, 0.1) is 0 Å². The zero-order valence-corrected chi connectivity index (χ0v) is 45.6. The van der Waals surface area contributed by atoms with E-state index in [1.165, 1.54) is 101 Å². The number of benzene rings is 6. The molecular weight excluding hydrogens is 848 g/mol. The van der Waals surface area contributed by atoms with Gasteiger partial charge in [-0.2, -0.15) is 0 Å². The van der Waals surface area contributed by atoms with Crippen molar-refractivity contribution in [3.63, 3.8) is 0 Å². The molecule has 3 nitrogen and oxygen atoms in total. The van der Waals surface area contributed by atoms with Crippen molar-refractivity contribution in [3.8, 4) is 11.1 Å². The molecular formula is C66H77BN2O. The van der Waals surface area contributed by atoms with E-state index in [-0.39, 0.29) is 44.6 Å². The van der Waals surface area contributed by atoms with Gasteiger partial charge in [0.15, 0.2) is 0 Å². The summed E-state index contributed by atoms with van der Waals surface area (Å²) in [7, 11) is 0. The average Bonchev–Trinajstić information content (AvgIpc) is 3.66. The lowest BCUT2D eigenvalue weighted by atomic mass is 9.33. The summed E-state index contributed by atoms with van der Waals surface area (Å²) < 4.78 is 7.68. The molecule has 1 aromatic heterocycles. The molecule has 0 atom stereocenters. The topological polar surface area (TPSA) is 19.6 Å². The minimum absolute atomic E-state index is 0.0251. The number of rotatable bonds is 3. The van der Waals surface area contributed by atoms with Gasteiger partial charge in [-0.15, -0.1) is 0 Å². The van der Waals surface area contributed by atoms with Crippen molar-refractivity contribution in [3.05, 3.63) is 148 Å². The van der Waals surface area contributed by atoms with E-state index in [1.54, 1.807) is 0 Å². The Bertz CT molecular complexity index is 3280. The average molecular weight is 925 g/mol. The lowest BCUT2D eigenvalue weighted by Crippen LogP contribution is -2.61. The van der Waals surface area contributed by atoms with Crippen LogP contribution in [0.15, 0.2) is 114 Å². The second-order valence-corrected chi connectivity index (χ2v) is 27.6. The van der Waals surface area contributed by atoms with E-state index in [4.69, 9.17) is 4.42 Å². The van der Waals surface area contributed by atoms with E-state index < -0.39 is 0 Å². The lowest BCUT2D eigenvalue weighted by Gasteiger charge is -2.45. The van der Waals surface area contributed by atoms with Crippen LogP contribution in [0.3, 0.4) is 0 Å². The van der Waals surface area contributed by atoms with Crippen molar-refractivity contribution in [1.82, 2.24) is 0 Å². The van der Waals surface area contributed by atoms with Crippen molar-refractivity contribution in [2.24, 2.45) is 0 Å². The monoisotopic (exact) mass is 925 g/mol. The van der Waals surface area contributed by atoms with E-state index in [1.807, 2.05) is 0 Å². The highest BCUT2D eigenvalue weighted by molar-refractivity contribution is 7.01. The Morgan fingerprint density at radius 3 is 1.59 bits per heavy atom. The minimum atomic E-state index is -0.0856. The van der Waals surface area contributed by atoms with Gasteiger partial charge in [0.1, 0.15) is 5.58 Å². The van der Waals surface area contributed by atoms with Gasteiger partial charge in [0.2, 0.25) is 5.88 Å². The van der Waals surface area contributed by atoms with Crippen LogP contribution in [0.5, 0.6) is 0 Å². The van der Waals surface area contributed by atoms with Crippen LogP contribution in [-0.4, -0.2) is 6.71 Å². The highest BCUT2D eigenvalue weighted by atomic mass is 16.4. The molecule has 0 spiro atoms. The number of furan rings is 1. The van der Waals surface area contributed by atoms with E-state index >= 15 is 0 Å². The van der Waals surface area contributed by atoms with Crippen molar-refractivity contribution in [2.75, 3.05) is 9.80 Å². The van der Waals surface area contributed by atoms with Gasteiger partial charge in [-0.25, -0.2) is 0 Å². The maximum absolute atomic E-state index is 7.68. The summed E-state index contributed by atoms with van der Waals surface area (Å²) in [6, 6.07) is 43.4. The Morgan fingerprint density at radius 2 is 0.986 bits per heavy atom. The summed E-state index contributed by atoms with van der Waals surface area (Å²) in [6.45, 7) is 40.5. The zero-order chi connectivity index (χ0) is 50.0. The van der Waals surface area contributed by atoms with Gasteiger partial charge in [0.25, 0.3) is 6.71 Å². The number of fused-ring (bicyclic) bond motifs is 8. The Morgan fingerprint density at radius 1 is 0.457 bits per heavy atom. The number of hydrogen-bond donors (Lipinski definition) is 0. The van der Waals surface area contributed by atoms with Gasteiger partial charge in [-0.3, -0.25) is 4.90 Å². The zero-order valence-electron chi connectivity index (χ0n) is 45.6. The lowest BCUT2D eigenvalue weighted by molar-refractivity contribution is 0.332. The first-order valence-corrected chi connectivity index (χ1v) is 26.5. The van der Waals surface area contributed by atoms with Crippen LogP contribution in [0.1, 0.15) is 182 Å². The molecule has 0 saturated carbocycles. The molecule has 4 heteroatoms. The highest BCUT2D eigenvalue weighted by Crippen LogP contribution is 2.54. The third-order valence-corrected chi connectivity index (χ3v) is 17.7. The van der Waals surface area contributed by atoms with Crippen LogP contribution in [0.4, 0.5) is 34.3 Å². The molecule has 0 N–H and O–H groups in total. The second kappa shape index (κ2) is 15.0. The number of anilines is 6. The summed E-state index contributed by atoms with van der Waals surface area (Å²) >= 11 is 0. The van der Waals surface area contributed by atoms with Crippen LogP contribution in [-0.2, 0) is 37.9 Å². The smallest absolute Gasteiger partial charge is 0.257 e. The third-order valence-electron chi connectivity index (χ3n) is 17.7. The summed E-state index contributed by atoms with van der Waals surface area (Å²) in [4.78, 5) is 5.16. The Hall–Kier alpha value is -5.48. The molecule has 3 heterocycles. The maximum Gasteiger partial charge on any atom is 0.257 e. The van der Waals surface area contributed by atoms with Crippen molar-refractivity contribution in [1.29, 1.82) is 0 Å². The Kier molecular flexibility index (Phi) is 10.1. The SMILES string of the molecule is CC(C)(C)c1ccc(N2c3ccc(C(C)(C)C)cc3B3c4c2cc(-c2ccccc2C(C)(C)C)cc4N(c2ccc4c(c2)C(C)(C)CCC4(C)C)c2oc4cc5c(cc4c23)C(C)(C)CCC5(C)C)cc1. The summed E-state index contributed by atoms with van der Waals surface area (Å²) in [5.41, 5.74) is 23.3. The van der Waals surface area contributed by atoms with Crippen LogP contribution in [0.25, 0.3) is 22.1 Å². The van der Waals surface area contributed by atoms with Gasteiger partial charge >= 0.3 is 0 Å². The minimum Gasteiger partial charge on any atom is -0.440 e. The largest absolute Gasteiger partial charge is 0.440 e. The van der Waals surface area contributed by atoms with Crippen LogP contribution < -0.4 is 26.2 Å². The Balaban J connectivity index is 1.31. The molecule has 0 fully saturated rings. The van der Waals surface area contributed by atoms with Gasteiger partial charge in [-0.1, -0.05) is 172 Å². The quantitative estimate of drug-likeness (QED) is 0.165. The Labute approximate surface area is 421 Å². The standard InChI is InChI=1S/C66H77BN2O/c1-60(2,3)41-22-25-43(26-23-41)68-53-29-24-42(61(4,5)6)36-52(53)67-57-46-38-50-51(66(16,17)33-32-65(50,14)15)39-56(46)70-59(57)69(44-27-28-48-49(37-44)64(12,13)31-30-63(48,10)11)55-35-40(34-54(68)58(55)67)45-20-18-19-21-47(45)62(7,8)9/h18-29,34-39H,30-33H2,1-17H3. The molecule has 360 valence electrons. The summed E-state index contributed by atoms with van der Waals surface area (Å²) in [6.07, 6.45) is 4.63.